The van der Waals surface area contributed by atoms with E-state index in [0.29, 0.717) is 0 Å². The molecular formula is C24H38N2O7. The average Bonchev–Trinajstić information content (AvgIpc) is 2.68. The maximum atomic E-state index is 13.1. The fraction of sp³-hybridized carbons (Fsp3) is 0.625. The maximum absolute atomic E-state index is 13.1. The fourth-order valence-electron chi connectivity index (χ4n) is 2.90. The van der Waals surface area contributed by atoms with Crippen LogP contribution in [0.2, 0.25) is 0 Å². The van der Waals surface area contributed by atoms with Gasteiger partial charge in [0.25, 0.3) is 0 Å². The predicted molar refractivity (Wildman–Crippen MR) is 124 cm³/mol. The van der Waals surface area contributed by atoms with Crippen molar-refractivity contribution >= 4 is 18.0 Å². The first-order valence-corrected chi connectivity index (χ1v) is 10.9. The Bertz CT molecular complexity index is 769. The number of nitrogens with one attached hydrogen (secondary N) is 2. The van der Waals surface area contributed by atoms with Crippen LogP contribution in [0, 0.1) is 0 Å². The molecule has 9 heteroatoms. The van der Waals surface area contributed by atoms with Crippen LogP contribution < -0.4 is 10.6 Å². The van der Waals surface area contributed by atoms with Crippen molar-refractivity contribution in [3.8, 4) is 0 Å². The summed E-state index contributed by atoms with van der Waals surface area (Å²) < 4.78 is 21.6. The minimum absolute atomic E-state index is 0.110. The Balaban J connectivity index is 2.92. The molecule has 0 saturated heterocycles. The first kappa shape index (κ1) is 28.4. The molecule has 0 radical (unpaired) electrons. The standard InChI is InChI=1S/C24H38N2O7/c1-16(32-23(2,3)4)19(26-22(29)33-24(5,6)7)20(27)25-18(21(28)30-8)15-31-14-17-12-10-9-11-13-17/h9-13,16,18-19H,14-15H2,1-8H3,(H,25,27)(H,26,29)/t16-,18+,19+/m1/s1. The number of alkyl carbamates (subject to hydrolysis) is 1. The molecule has 0 bridgehead atoms. The van der Waals surface area contributed by atoms with Crippen molar-refractivity contribution in [2.24, 2.45) is 0 Å². The summed E-state index contributed by atoms with van der Waals surface area (Å²) in [7, 11) is 1.22. The number of carbonyl (C=O) groups excluding carboxylic acids is 3. The van der Waals surface area contributed by atoms with Gasteiger partial charge in [0.1, 0.15) is 11.6 Å². The summed E-state index contributed by atoms with van der Waals surface area (Å²) >= 11 is 0. The van der Waals surface area contributed by atoms with Crippen molar-refractivity contribution in [1.82, 2.24) is 10.6 Å². The number of carbonyl (C=O) groups is 3. The van der Waals surface area contributed by atoms with Crippen LogP contribution in [0.3, 0.4) is 0 Å². The van der Waals surface area contributed by atoms with Crippen LogP contribution in [0.4, 0.5) is 4.79 Å². The van der Waals surface area contributed by atoms with Crippen molar-refractivity contribution in [1.29, 1.82) is 0 Å². The van der Waals surface area contributed by atoms with Crippen molar-refractivity contribution < 1.29 is 33.3 Å². The minimum Gasteiger partial charge on any atom is -0.467 e. The van der Waals surface area contributed by atoms with Crippen molar-refractivity contribution in [2.75, 3.05) is 13.7 Å². The van der Waals surface area contributed by atoms with Crippen LogP contribution in [0.25, 0.3) is 0 Å². The SMILES string of the molecule is COC(=O)[C@H](COCc1ccccc1)NC(=O)[C@@H](NC(=O)OC(C)(C)C)[C@@H](C)OC(C)(C)C. The van der Waals surface area contributed by atoms with E-state index in [2.05, 4.69) is 10.6 Å². The monoisotopic (exact) mass is 466 g/mol. The maximum Gasteiger partial charge on any atom is 0.408 e. The summed E-state index contributed by atoms with van der Waals surface area (Å²) in [6.45, 7) is 12.5. The van der Waals surface area contributed by atoms with Crippen LogP contribution in [-0.2, 0) is 35.1 Å². The van der Waals surface area contributed by atoms with E-state index in [4.69, 9.17) is 18.9 Å². The predicted octanol–water partition coefficient (Wildman–Crippen LogP) is 2.96. The molecule has 0 aliphatic carbocycles. The number of hydrogen-bond acceptors (Lipinski definition) is 7. The third kappa shape index (κ3) is 11.7. The lowest BCUT2D eigenvalue weighted by Gasteiger charge is -2.32. The first-order chi connectivity index (χ1) is 15.2. The third-order valence-corrected chi connectivity index (χ3v) is 4.16. The molecule has 0 aliphatic rings. The summed E-state index contributed by atoms with van der Waals surface area (Å²) in [5.41, 5.74) is -0.406. The summed E-state index contributed by atoms with van der Waals surface area (Å²) in [4.78, 5) is 37.7. The molecule has 9 nitrogen and oxygen atoms in total. The van der Waals surface area contributed by atoms with E-state index in [-0.39, 0.29) is 13.2 Å². The topological polar surface area (TPSA) is 112 Å². The molecule has 33 heavy (non-hydrogen) atoms. The zero-order valence-corrected chi connectivity index (χ0v) is 20.9. The number of esters is 1. The van der Waals surface area contributed by atoms with Gasteiger partial charge in [-0.1, -0.05) is 30.3 Å². The molecule has 1 aromatic carbocycles. The molecular weight excluding hydrogens is 428 g/mol. The largest absolute Gasteiger partial charge is 0.467 e. The van der Waals surface area contributed by atoms with Gasteiger partial charge in [-0.25, -0.2) is 9.59 Å². The first-order valence-electron chi connectivity index (χ1n) is 10.9. The van der Waals surface area contributed by atoms with Gasteiger partial charge in [0, 0.05) is 0 Å². The molecule has 0 unspecified atom stereocenters. The lowest BCUT2D eigenvalue weighted by Crippen LogP contribution is -2.58. The van der Waals surface area contributed by atoms with E-state index in [1.165, 1.54) is 7.11 Å². The zero-order chi connectivity index (χ0) is 25.2. The van der Waals surface area contributed by atoms with Gasteiger partial charge in [0.15, 0.2) is 6.04 Å². The smallest absolute Gasteiger partial charge is 0.408 e. The van der Waals surface area contributed by atoms with Crippen molar-refractivity contribution in [3.05, 3.63) is 35.9 Å². The van der Waals surface area contributed by atoms with Gasteiger partial charge in [0.05, 0.1) is 32.0 Å². The summed E-state index contributed by atoms with van der Waals surface area (Å²) in [5.74, 6) is -1.30. The second-order valence-corrected chi connectivity index (χ2v) is 9.64. The molecule has 0 spiro atoms. The van der Waals surface area contributed by atoms with Crippen LogP contribution >= 0.6 is 0 Å². The van der Waals surface area contributed by atoms with E-state index in [1.54, 1.807) is 27.7 Å². The highest BCUT2D eigenvalue weighted by Gasteiger charge is 2.34. The normalized spacial score (nSPS) is 14.5. The molecule has 2 amide bonds. The van der Waals surface area contributed by atoms with Crippen LogP contribution in [-0.4, -0.2) is 61.1 Å². The second-order valence-electron chi connectivity index (χ2n) is 9.64. The van der Waals surface area contributed by atoms with Crippen LogP contribution in [0.15, 0.2) is 30.3 Å². The van der Waals surface area contributed by atoms with Gasteiger partial charge in [0.2, 0.25) is 5.91 Å². The highest BCUT2D eigenvalue weighted by molar-refractivity contribution is 5.90. The van der Waals surface area contributed by atoms with E-state index in [1.807, 2.05) is 51.1 Å². The van der Waals surface area contributed by atoms with Gasteiger partial charge in [-0.05, 0) is 54.0 Å². The quantitative estimate of drug-likeness (QED) is 0.510. The Labute approximate surface area is 196 Å². The Kier molecular flexibility index (Phi) is 10.8. The fourth-order valence-corrected chi connectivity index (χ4v) is 2.90. The highest BCUT2D eigenvalue weighted by atomic mass is 16.6. The number of benzene rings is 1. The number of ether oxygens (including phenoxy) is 4. The van der Waals surface area contributed by atoms with Crippen LogP contribution in [0.5, 0.6) is 0 Å². The molecule has 0 heterocycles. The lowest BCUT2D eigenvalue weighted by molar-refractivity contribution is -0.148. The average molecular weight is 467 g/mol. The summed E-state index contributed by atoms with van der Waals surface area (Å²) in [6.07, 6.45) is -1.50. The van der Waals surface area contributed by atoms with E-state index >= 15 is 0 Å². The minimum atomic E-state index is -1.12. The Morgan fingerprint density at radius 2 is 1.55 bits per heavy atom. The van der Waals surface area contributed by atoms with Crippen LogP contribution in [0.1, 0.15) is 54.0 Å². The second kappa shape index (κ2) is 12.6. The molecule has 1 rings (SSSR count). The Hall–Kier alpha value is -2.65. The van der Waals surface area contributed by atoms with Gasteiger partial charge in [-0.2, -0.15) is 0 Å². The van der Waals surface area contributed by atoms with Crippen molar-refractivity contribution in [2.45, 2.75) is 84.5 Å². The lowest BCUT2D eigenvalue weighted by atomic mass is 10.1. The van der Waals surface area contributed by atoms with Gasteiger partial charge >= 0.3 is 12.1 Å². The molecule has 1 aromatic rings. The number of amides is 2. The van der Waals surface area contributed by atoms with Gasteiger partial charge in [-0.3, -0.25) is 4.79 Å². The number of rotatable bonds is 10. The molecule has 2 N–H and O–H groups in total. The molecule has 0 aromatic heterocycles. The molecule has 0 fully saturated rings. The Morgan fingerprint density at radius 1 is 0.939 bits per heavy atom. The van der Waals surface area contributed by atoms with Gasteiger partial charge in [-0.15, -0.1) is 0 Å². The summed E-state index contributed by atoms with van der Waals surface area (Å²) in [5, 5.41) is 5.15. The van der Waals surface area contributed by atoms with Crippen molar-refractivity contribution in [3.63, 3.8) is 0 Å². The number of hydrogen-bond donors (Lipinski definition) is 2. The molecule has 0 saturated carbocycles. The van der Waals surface area contributed by atoms with Gasteiger partial charge < -0.3 is 29.6 Å². The highest BCUT2D eigenvalue weighted by Crippen LogP contribution is 2.15. The molecule has 186 valence electrons. The molecule has 3 atom stereocenters. The van der Waals surface area contributed by atoms with E-state index in [9.17, 15) is 14.4 Å². The zero-order valence-electron chi connectivity index (χ0n) is 20.9. The number of methoxy groups -OCH3 is 1. The third-order valence-electron chi connectivity index (χ3n) is 4.16. The molecule has 0 aliphatic heterocycles. The Morgan fingerprint density at radius 3 is 2.06 bits per heavy atom. The summed E-state index contributed by atoms with van der Waals surface area (Å²) in [6, 6.07) is 7.22. The van der Waals surface area contributed by atoms with E-state index < -0.39 is 47.4 Å². The van der Waals surface area contributed by atoms with E-state index in [0.717, 1.165) is 5.56 Å².